The summed E-state index contributed by atoms with van der Waals surface area (Å²) in [7, 11) is 1.68. The van der Waals surface area contributed by atoms with Gasteiger partial charge in [-0.15, -0.1) is 0 Å². The Bertz CT molecular complexity index is 1260. The van der Waals surface area contributed by atoms with Crippen molar-refractivity contribution in [3.05, 3.63) is 59.4 Å². The Hall–Kier alpha value is -3.13. The van der Waals surface area contributed by atoms with E-state index in [1.165, 1.54) is 23.1 Å². The SMILES string of the molecule is COc1ccc(C(C)(C)C)cc1SNc1noc2cc(Cn3cccn3)c3c(c12)OCC3. The first kappa shape index (κ1) is 20.8. The summed E-state index contributed by atoms with van der Waals surface area (Å²) in [6.07, 6.45) is 4.60. The van der Waals surface area contributed by atoms with Crippen LogP contribution in [0.3, 0.4) is 0 Å². The zero-order valence-corrected chi connectivity index (χ0v) is 19.5. The van der Waals surface area contributed by atoms with Crippen molar-refractivity contribution in [3.8, 4) is 11.5 Å². The number of hydrogen-bond donors (Lipinski definition) is 1. The van der Waals surface area contributed by atoms with Crippen LogP contribution in [0.2, 0.25) is 0 Å². The van der Waals surface area contributed by atoms with E-state index in [1.54, 1.807) is 13.3 Å². The molecule has 0 saturated heterocycles. The lowest BCUT2D eigenvalue weighted by Crippen LogP contribution is -2.11. The van der Waals surface area contributed by atoms with Gasteiger partial charge in [-0.1, -0.05) is 32.0 Å². The molecule has 0 atom stereocenters. The van der Waals surface area contributed by atoms with Crippen LogP contribution in [-0.4, -0.2) is 28.7 Å². The second-order valence-corrected chi connectivity index (χ2v) is 9.72. The largest absolute Gasteiger partial charge is 0.496 e. The summed E-state index contributed by atoms with van der Waals surface area (Å²) in [4.78, 5) is 0.990. The van der Waals surface area contributed by atoms with Crippen molar-refractivity contribution < 1.29 is 14.0 Å². The van der Waals surface area contributed by atoms with E-state index in [9.17, 15) is 0 Å². The maximum Gasteiger partial charge on any atom is 0.191 e. The Morgan fingerprint density at radius 3 is 2.88 bits per heavy atom. The molecule has 2 aromatic heterocycles. The summed E-state index contributed by atoms with van der Waals surface area (Å²) in [6.45, 7) is 7.92. The average Bonchev–Trinajstić information content (AvgIpc) is 3.52. The molecule has 4 aromatic rings. The van der Waals surface area contributed by atoms with Crippen molar-refractivity contribution >= 4 is 28.7 Å². The van der Waals surface area contributed by atoms with Gasteiger partial charge in [-0.05, 0) is 52.8 Å². The fraction of sp³-hybridized carbons (Fsp3) is 0.333. The Kier molecular flexibility index (Phi) is 5.25. The molecule has 7 nitrogen and oxygen atoms in total. The molecule has 166 valence electrons. The summed E-state index contributed by atoms with van der Waals surface area (Å²) in [6, 6.07) is 10.2. The molecular weight excluding hydrogens is 424 g/mol. The van der Waals surface area contributed by atoms with E-state index in [4.69, 9.17) is 14.0 Å². The molecule has 0 fully saturated rings. The van der Waals surface area contributed by atoms with Crippen LogP contribution in [0.5, 0.6) is 11.5 Å². The molecule has 32 heavy (non-hydrogen) atoms. The maximum absolute atomic E-state index is 6.03. The zero-order valence-electron chi connectivity index (χ0n) is 18.6. The first-order chi connectivity index (χ1) is 15.4. The number of benzene rings is 2. The number of ether oxygens (including phenoxy) is 2. The van der Waals surface area contributed by atoms with Gasteiger partial charge in [-0.2, -0.15) is 5.10 Å². The topological polar surface area (TPSA) is 74.3 Å². The summed E-state index contributed by atoms with van der Waals surface area (Å²) in [5.41, 5.74) is 4.31. The standard InChI is InChI=1S/C24H26N4O3S/c1-24(2,3)16-6-7-18(29-4)20(13-16)32-27-23-21-19(31-26-23)12-15(14-28-10-5-9-25-28)17-8-11-30-22(17)21/h5-7,9-10,12-13H,8,11,14H2,1-4H3,(H,26,27). The van der Waals surface area contributed by atoms with Gasteiger partial charge in [0.2, 0.25) is 0 Å². The third-order valence-corrected chi connectivity index (χ3v) is 6.52. The van der Waals surface area contributed by atoms with Gasteiger partial charge in [0, 0.05) is 24.4 Å². The quantitative estimate of drug-likeness (QED) is 0.393. The lowest BCUT2D eigenvalue weighted by atomic mass is 9.87. The van der Waals surface area contributed by atoms with E-state index in [2.05, 4.69) is 47.9 Å². The molecule has 0 unspecified atom stereocenters. The molecule has 3 heterocycles. The molecule has 0 spiro atoms. The minimum Gasteiger partial charge on any atom is -0.496 e. The van der Waals surface area contributed by atoms with Crippen molar-refractivity contribution in [1.29, 1.82) is 0 Å². The van der Waals surface area contributed by atoms with Crippen LogP contribution in [0.4, 0.5) is 5.82 Å². The molecule has 1 N–H and O–H groups in total. The van der Waals surface area contributed by atoms with E-state index in [-0.39, 0.29) is 5.41 Å². The van der Waals surface area contributed by atoms with Crippen LogP contribution in [0.1, 0.15) is 37.5 Å². The van der Waals surface area contributed by atoms with Crippen molar-refractivity contribution in [1.82, 2.24) is 14.9 Å². The number of methoxy groups -OCH3 is 1. The first-order valence-corrected chi connectivity index (χ1v) is 11.4. The molecule has 2 aromatic carbocycles. The molecule has 0 radical (unpaired) electrons. The molecule has 0 saturated carbocycles. The van der Waals surface area contributed by atoms with Gasteiger partial charge >= 0.3 is 0 Å². The van der Waals surface area contributed by atoms with Crippen LogP contribution in [0.15, 0.2) is 52.1 Å². The molecule has 5 rings (SSSR count). The van der Waals surface area contributed by atoms with E-state index < -0.39 is 0 Å². The normalized spacial score (nSPS) is 13.2. The summed E-state index contributed by atoms with van der Waals surface area (Å²) in [5, 5.41) is 9.51. The molecule has 1 aliphatic rings. The van der Waals surface area contributed by atoms with E-state index in [0.717, 1.165) is 33.8 Å². The van der Waals surface area contributed by atoms with Gasteiger partial charge in [-0.25, -0.2) is 0 Å². The fourth-order valence-corrected chi connectivity index (χ4v) is 4.74. The number of fused-ring (bicyclic) bond motifs is 3. The van der Waals surface area contributed by atoms with Crippen molar-refractivity contribution in [2.24, 2.45) is 0 Å². The van der Waals surface area contributed by atoms with Crippen LogP contribution >= 0.6 is 11.9 Å². The van der Waals surface area contributed by atoms with Crippen LogP contribution in [-0.2, 0) is 18.4 Å². The Balaban J connectivity index is 1.47. The molecule has 8 heteroatoms. The highest BCUT2D eigenvalue weighted by Gasteiger charge is 2.26. The second-order valence-electron chi connectivity index (χ2n) is 8.87. The predicted octanol–water partition coefficient (Wildman–Crippen LogP) is 5.43. The van der Waals surface area contributed by atoms with Gasteiger partial charge in [0.05, 0.1) is 25.2 Å². The highest BCUT2D eigenvalue weighted by molar-refractivity contribution is 8.00. The number of hydrogen-bond acceptors (Lipinski definition) is 7. The van der Waals surface area contributed by atoms with E-state index in [1.807, 2.05) is 29.1 Å². The third-order valence-electron chi connectivity index (χ3n) is 5.69. The molecular formula is C24H26N4O3S. The minimum atomic E-state index is 0.0435. The van der Waals surface area contributed by atoms with Crippen LogP contribution in [0, 0.1) is 0 Å². The number of rotatable bonds is 6. The summed E-state index contributed by atoms with van der Waals surface area (Å²) in [5.74, 6) is 2.31. The lowest BCUT2D eigenvalue weighted by Gasteiger charge is -2.20. The summed E-state index contributed by atoms with van der Waals surface area (Å²) < 4.78 is 22.6. The van der Waals surface area contributed by atoms with Crippen molar-refractivity contribution in [2.75, 3.05) is 18.4 Å². The number of aromatic nitrogens is 3. The van der Waals surface area contributed by atoms with Crippen molar-refractivity contribution in [2.45, 2.75) is 44.0 Å². The van der Waals surface area contributed by atoms with Crippen LogP contribution in [0.25, 0.3) is 11.0 Å². The number of anilines is 1. The average molecular weight is 451 g/mol. The highest BCUT2D eigenvalue weighted by atomic mass is 32.2. The maximum atomic E-state index is 6.03. The number of nitrogens with zero attached hydrogens (tertiary/aromatic N) is 3. The smallest absolute Gasteiger partial charge is 0.191 e. The zero-order chi connectivity index (χ0) is 22.3. The minimum absolute atomic E-state index is 0.0435. The predicted molar refractivity (Wildman–Crippen MR) is 126 cm³/mol. The lowest BCUT2D eigenvalue weighted by molar-refractivity contribution is 0.360. The van der Waals surface area contributed by atoms with Gasteiger partial charge in [0.15, 0.2) is 11.4 Å². The Morgan fingerprint density at radius 2 is 2.12 bits per heavy atom. The first-order valence-electron chi connectivity index (χ1n) is 10.6. The third kappa shape index (κ3) is 3.79. The number of nitrogens with one attached hydrogen (secondary N) is 1. The van der Waals surface area contributed by atoms with Gasteiger partial charge in [-0.3, -0.25) is 4.68 Å². The van der Waals surface area contributed by atoms with E-state index in [0.29, 0.717) is 24.6 Å². The van der Waals surface area contributed by atoms with Gasteiger partial charge in [0.1, 0.15) is 16.9 Å². The van der Waals surface area contributed by atoms with Gasteiger partial charge in [0.25, 0.3) is 0 Å². The van der Waals surface area contributed by atoms with Crippen LogP contribution < -0.4 is 14.2 Å². The molecule has 0 amide bonds. The second kappa shape index (κ2) is 8.09. The monoisotopic (exact) mass is 450 g/mol. The Labute approximate surface area is 191 Å². The van der Waals surface area contributed by atoms with Crippen molar-refractivity contribution in [3.63, 3.8) is 0 Å². The fourth-order valence-electron chi connectivity index (χ4n) is 3.96. The highest BCUT2D eigenvalue weighted by Crippen LogP contribution is 2.43. The molecule has 0 bridgehead atoms. The van der Waals surface area contributed by atoms with Gasteiger partial charge < -0.3 is 18.7 Å². The summed E-state index contributed by atoms with van der Waals surface area (Å²) >= 11 is 1.46. The molecule has 1 aliphatic heterocycles. The Morgan fingerprint density at radius 1 is 1.25 bits per heavy atom. The van der Waals surface area contributed by atoms with E-state index >= 15 is 0 Å². The molecule has 0 aliphatic carbocycles.